The molecule has 1 aliphatic rings. The van der Waals surface area contributed by atoms with Gasteiger partial charge in [0.05, 0.1) is 12.6 Å². The highest BCUT2D eigenvalue weighted by Crippen LogP contribution is 2.16. The Labute approximate surface area is 64.7 Å². The van der Waals surface area contributed by atoms with E-state index in [1.54, 1.807) is 0 Å². The Morgan fingerprint density at radius 3 is 3.18 bits per heavy atom. The van der Waals surface area contributed by atoms with Crippen LogP contribution in [-0.4, -0.2) is 30.2 Å². The number of nitriles is 1. The van der Waals surface area contributed by atoms with E-state index in [0.29, 0.717) is 6.54 Å². The van der Waals surface area contributed by atoms with Gasteiger partial charge in [-0.05, 0) is 0 Å². The number of nitrogens with zero attached hydrogens (tertiary/aromatic N) is 2. The van der Waals surface area contributed by atoms with E-state index in [4.69, 9.17) is 5.26 Å². The van der Waals surface area contributed by atoms with Crippen molar-refractivity contribution in [3.05, 3.63) is 12.7 Å². The maximum Gasteiger partial charge on any atom is 0.411 e. The van der Waals surface area contributed by atoms with Crippen molar-refractivity contribution in [3.63, 3.8) is 0 Å². The number of ether oxygens (including phenoxy) is 1. The van der Waals surface area contributed by atoms with Crippen LogP contribution in [0, 0.1) is 11.3 Å². The van der Waals surface area contributed by atoms with Crippen LogP contribution in [0.15, 0.2) is 12.7 Å². The number of hydrogen-bond acceptors (Lipinski definition) is 3. The van der Waals surface area contributed by atoms with Crippen molar-refractivity contribution in [1.82, 2.24) is 4.90 Å². The zero-order chi connectivity index (χ0) is 8.27. The van der Waals surface area contributed by atoms with Gasteiger partial charge < -0.3 is 4.74 Å². The Hall–Kier alpha value is -1.50. The molecule has 0 spiro atoms. The lowest BCUT2D eigenvalue weighted by Crippen LogP contribution is -2.14. The molecule has 58 valence electrons. The smallest absolute Gasteiger partial charge is 0.411 e. The van der Waals surface area contributed by atoms with Gasteiger partial charge in [0.15, 0.2) is 0 Å². The highest BCUT2D eigenvalue weighted by Gasteiger charge is 2.39. The summed E-state index contributed by atoms with van der Waals surface area (Å²) in [6, 6.07) is 1.67. The summed E-state index contributed by atoms with van der Waals surface area (Å²) in [6.45, 7) is 4.09. The zero-order valence-corrected chi connectivity index (χ0v) is 5.99. The summed E-state index contributed by atoms with van der Waals surface area (Å²) < 4.78 is 4.66. The van der Waals surface area contributed by atoms with Crippen molar-refractivity contribution in [2.24, 2.45) is 0 Å². The minimum Gasteiger partial charge on any atom is -0.445 e. The zero-order valence-electron chi connectivity index (χ0n) is 5.99. The first-order valence-corrected chi connectivity index (χ1v) is 3.23. The molecule has 1 unspecified atom stereocenters. The molecular formula is C7H8N2O2. The largest absolute Gasteiger partial charge is 0.445 e. The lowest BCUT2D eigenvalue weighted by atomic mass is 10.5. The van der Waals surface area contributed by atoms with E-state index in [-0.39, 0.29) is 12.6 Å². The van der Waals surface area contributed by atoms with Crippen LogP contribution in [0.5, 0.6) is 0 Å². The third kappa shape index (κ3) is 1.71. The molecule has 0 radical (unpaired) electrons. The highest BCUT2D eigenvalue weighted by molar-refractivity contribution is 5.71. The van der Waals surface area contributed by atoms with Gasteiger partial charge in [-0.3, -0.25) is 4.90 Å². The number of carbonyl (C=O) groups is 1. The van der Waals surface area contributed by atoms with E-state index in [9.17, 15) is 4.79 Å². The Morgan fingerprint density at radius 2 is 2.73 bits per heavy atom. The Bertz CT molecular complexity index is 219. The van der Waals surface area contributed by atoms with Crippen LogP contribution in [0.2, 0.25) is 0 Å². The van der Waals surface area contributed by atoms with Crippen molar-refractivity contribution < 1.29 is 9.53 Å². The van der Waals surface area contributed by atoms with Crippen LogP contribution >= 0.6 is 0 Å². The monoisotopic (exact) mass is 152 g/mol. The molecule has 1 atom stereocenters. The van der Waals surface area contributed by atoms with Crippen LogP contribution in [-0.2, 0) is 4.74 Å². The molecule has 0 aliphatic carbocycles. The quantitative estimate of drug-likeness (QED) is 0.428. The average molecular weight is 152 g/mol. The average Bonchev–Trinajstić information content (AvgIpc) is 2.78. The second-order valence-corrected chi connectivity index (χ2v) is 2.16. The first kappa shape index (κ1) is 7.61. The van der Waals surface area contributed by atoms with Crippen LogP contribution in [0.4, 0.5) is 4.79 Å². The number of rotatable bonds is 2. The Morgan fingerprint density at radius 1 is 2.00 bits per heavy atom. The summed E-state index contributed by atoms with van der Waals surface area (Å²) in [6.07, 6.45) is 1.06. The molecule has 1 rings (SSSR count). The molecule has 1 fully saturated rings. The molecule has 0 saturated carbocycles. The standard InChI is InChI=1S/C7H8N2O2/c1-2-3-11-7(10)9-5-6(9)4-8/h2,6H,1,3,5H2. The predicted molar refractivity (Wildman–Crippen MR) is 37.7 cm³/mol. The Kier molecular flexibility index (Phi) is 2.12. The SMILES string of the molecule is C=CCOC(=O)N1CC1C#N. The molecular weight excluding hydrogens is 144 g/mol. The summed E-state index contributed by atoms with van der Waals surface area (Å²) in [5, 5.41) is 8.33. The van der Waals surface area contributed by atoms with E-state index < -0.39 is 6.09 Å². The molecule has 1 saturated heterocycles. The van der Waals surface area contributed by atoms with Gasteiger partial charge in [0.1, 0.15) is 12.6 Å². The molecule has 4 nitrogen and oxygen atoms in total. The molecule has 0 aromatic heterocycles. The van der Waals surface area contributed by atoms with Crippen LogP contribution in [0.3, 0.4) is 0 Å². The molecule has 0 aromatic carbocycles. The predicted octanol–water partition coefficient (Wildman–Crippen LogP) is 0.517. The summed E-state index contributed by atoms with van der Waals surface area (Å²) >= 11 is 0. The fraction of sp³-hybridized carbons (Fsp3) is 0.429. The third-order valence-corrected chi connectivity index (χ3v) is 1.32. The van der Waals surface area contributed by atoms with E-state index in [1.165, 1.54) is 11.0 Å². The summed E-state index contributed by atoms with van der Waals surface area (Å²) in [5.41, 5.74) is 0. The van der Waals surface area contributed by atoms with Gasteiger partial charge >= 0.3 is 6.09 Å². The van der Waals surface area contributed by atoms with Crippen LogP contribution < -0.4 is 0 Å². The van der Waals surface area contributed by atoms with Gasteiger partial charge in [0.2, 0.25) is 0 Å². The second-order valence-electron chi connectivity index (χ2n) is 2.16. The van der Waals surface area contributed by atoms with E-state index in [0.717, 1.165) is 0 Å². The van der Waals surface area contributed by atoms with E-state index >= 15 is 0 Å². The van der Waals surface area contributed by atoms with Gasteiger partial charge in [-0.2, -0.15) is 5.26 Å². The van der Waals surface area contributed by atoms with Gasteiger partial charge in [0.25, 0.3) is 0 Å². The topological polar surface area (TPSA) is 53.1 Å². The second kappa shape index (κ2) is 3.06. The van der Waals surface area contributed by atoms with Crippen LogP contribution in [0.25, 0.3) is 0 Å². The Balaban J connectivity index is 2.24. The van der Waals surface area contributed by atoms with Gasteiger partial charge in [-0.1, -0.05) is 12.7 Å². The minimum absolute atomic E-state index is 0.202. The lowest BCUT2D eigenvalue weighted by Gasteiger charge is -2.00. The highest BCUT2D eigenvalue weighted by atomic mass is 16.6. The van der Waals surface area contributed by atoms with Gasteiger partial charge in [0, 0.05) is 0 Å². The minimum atomic E-state index is -0.434. The van der Waals surface area contributed by atoms with E-state index in [2.05, 4.69) is 11.3 Å². The fourth-order valence-electron chi connectivity index (χ4n) is 0.665. The summed E-state index contributed by atoms with van der Waals surface area (Å²) in [4.78, 5) is 12.2. The van der Waals surface area contributed by atoms with Gasteiger partial charge in [-0.15, -0.1) is 0 Å². The molecule has 0 N–H and O–H groups in total. The van der Waals surface area contributed by atoms with Crippen LogP contribution in [0.1, 0.15) is 0 Å². The van der Waals surface area contributed by atoms with Crippen molar-refractivity contribution in [2.45, 2.75) is 6.04 Å². The number of hydrogen-bond donors (Lipinski definition) is 0. The van der Waals surface area contributed by atoms with Crippen molar-refractivity contribution in [1.29, 1.82) is 5.26 Å². The summed E-state index contributed by atoms with van der Waals surface area (Å²) in [5.74, 6) is 0. The third-order valence-electron chi connectivity index (χ3n) is 1.32. The van der Waals surface area contributed by atoms with Crippen molar-refractivity contribution >= 4 is 6.09 Å². The lowest BCUT2D eigenvalue weighted by molar-refractivity contribution is 0.141. The maximum atomic E-state index is 10.8. The number of amides is 1. The molecule has 4 heteroatoms. The number of carbonyl (C=O) groups excluding carboxylic acids is 1. The molecule has 0 bridgehead atoms. The van der Waals surface area contributed by atoms with Crippen molar-refractivity contribution in [3.8, 4) is 6.07 Å². The molecule has 1 aliphatic heterocycles. The molecule has 1 heterocycles. The first-order chi connectivity index (χ1) is 5.29. The molecule has 11 heavy (non-hydrogen) atoms. The van der Waals surface area contributed by atoms with E-state index in [1.807, 2.05) is 6.07 Å². The fourth-order valence-corrected chi connectivity index (χ4v) is 0.665. The van der Waals surface area contributed by atoms with Crippen molar-refractivity contribution in [2.75, 3.05) is 13.2 Å². The summed E-state index contributed by atoms with van der Waals surface area (Å²) in [7, 11) is 0. The first-order valence-electron chi connectivity index (χ1n) is 3.23. The molecule has 0 aromatic rings. The maximum absolute atomic E-state index is 10.8. The van der Waals surface area contributed by atoms with Gasteiger partial charge in [-0.25, -0.2) is 4.79 Å². The normalized spacial score (nSPS) is 20.3. The molecule has 1 amide bonds.